The number of sulfonamides is 1. The Labute approximate surface area is 159 Å². The molecule has 1 aromatic rings. The smallest absolute Gasteiger partial charge is 0.238 e. The molecule has 27 heavy (non-hydrogen) atoms. The monoisotopic (exact) mass is 395 g/mol. The zero-order valence-corrected chi connectivity index (χ0v) is 15.9. The van der Waals surface area contributed by atoms with Crippen LogP contribution in [0.25, 0.3) is 0 Å². The molecule has 2 fully saturated rings. The molecule has 8 nitrogen and oxygen atoms in total. The van der Waals surface area contributed by atoms with Gasteiger partial charge < -0.3 is 15.0 Å². The number of nitrogens with zero attached hydrogens (tertiary/aromatic N) is 1. The fraction of sp³-hybridized carbons (Fsp3) is 0.556. The van der Waals surface area contributed by atoms with Crippen LogP contribution in [0.15, 0.2) is 29.2 Å². The summed E-state index contributed by atoms with van der Waals surface area (Å²) in [4.78, 5) is 26.2. The molecule has 0 spiro atoms. The molecule has 2 amide bonds. The van der Waals surface area contributed by atoms with Gasteiger partial charge in [0.1, 0.15) is 0 Å². The van der Waals surface area contributed by atoms with E-state index in [1.54, 1.807) is 17.0 Å². The van der Waals surface area contributed by atoms with Crippen molar-refractivity contribution in [2.45, 2.75) is 36.7 Å². The number of likely N-dealkylation sites (tertiary alicyclic amines) is 1. The van der Waals surface area contributed by atoms with Crippen molar-refractivity contribution in [3.63, 3.8) is 0 Å². The molecule has 2 atom stereocenters. The first-order valence-corrected chi connectivity index (χ1v) is 10.7. The summed E-state index contributed by atoms with van der Waals surface area (Å²) in [7, 11) is -3.71. The number of hydrogen-bond donors (Lipinski definition) is 2. The van der Waals surface area contributed by atoms with Gasteiger partial charge in [-0.1, -0.05) is 12.1 Å². The highest BCUT2D eigenvalue weighted by atomic mass is 32.2. The molecule has 0 radical (unpaired) electrons. The molecule has 2 aliphatic heterocycles. The molecule has 2 saturated heterocycles. The van der Waals surface area contributed by atoms with Crippen LogP contribution in [0.2, 0.25) is 0 Å². The third-order valence-corrected chi connectivity index (χ3v) is 5.96. The zero-order chi connectivity index (χ0) is 19.4. The lowest BCUT2D eigenvalue weighted by Crippen LogP contribution is -2.37. The third-order valence-electron chi connectivity index (χ3n) is 5.04. The van der Waals surface area contributed by atoms with E-state index in [1.165, 1.54) is 12.1 Å². The average Bonchev–Trinajstić information content (AvgIpc) is 3.27. The predicted molar refractivity (Wildman–Crippen MR) is 98.2 cm³/mol. The molecule has 0 aliphatic carbocycles. The Bertz CT molecular complexity index is 788. The number of primary sulfonamides is 1. The molecule has 2 unspecified atom stereocenters. The molecule has 3 N–H and O–H groups in total. The van der Waals surface area contributed by atoms with Crippen molar-refractivity contribution in [2.24, 2.45) is 11.1 Å². The van der Waals surface area contributed by atoms with E-state index in [1.807, 2.05) is 0 Å². The minimum atomic E-state index is -3.71. The van der Waals surface area contributed by atoms with Crippen molar-refractivity contribution >= 4 is 21.8 Å². The number of benzene rings is 1. The molecule has 0 saturated carbocycles. The maximum absolute atomic E-state index is 12.3. The fourth-order valence-electron chi connectivity index (χ4n) is 3.44. The second-order valence-electron chi connectivity index (χ2n) is 7.06. The minimum absolute atomic E-state index is 0.0339. The molecule has 2 aliphatic rings. The van der Waals surface area contributed by atoms with Crippen LogP contribution < -0.4 is 10.5 Å². The van der Waals surface area contributed by atoms with Crippen LogP contribution in [0.4, 0.5) is 0 Å². The second-order valence-corrected chi connectivity index (χ2v) is 8.62. The van der Waals surface area contributed by atoms with Crippen molar-refractivity contribution < 1.29 is 22.7 Å². The number of nitrogens with one attached hydrogen (secondary N) is 1. The van der Waals surface area contributed by atoms with E-state index >= 15 is 0 Å². The Morgan fingerprint density at radius 3 is 2.67 bits per heavy atom. The average molecular weight is 395 g/mol. The van der Waals surface area contributed by atoms with Gasteiger partial charge >= 0.3 is 0 Å². The number of carbonyl (C=O) groups excluding carboxylic acids is 2. The number of hydrogen-bond acceptors (Lipinski definition) is 5. The summed E-state index contributed by atoms with van der Waals surface area (Å²) in [6.07, 6.45) is 2.87. The summed E-state index contributed by atoms with van der Waals surface area (Å²) in [5, 5.41) is 7.97. The summed E-state index contributed by atoms with van der Waals surface area (Å²) in [6.45, 7) is 2.14. The van der Waals surface area contributed by atoms with Crippen molar-refractivity contribution in [3.8, 4) is 0 Å². The highest BCUT2D eigenvalue weighted by Gasteiger charge is 2.34. The number of ether oxygens (including phenoxy) is 1. The van der Waals surface area contributed by atoms with E-state index in [0.717, 1.165) is 25.0 Å². The standard InChI is InChI=1S/C18H25N3O5S/c19-27(24,25)16-5-3-13(4-6-16)7-8-21-12-14(10-17(21)22)18(23)20-11-15-2-1-9-26-15/h3-6,14-15H,1-2,7-12H2,(H,20,23)(H2,19,24,25). The van der Waals surface area contributed by atoms with Crippen molar-refractivity contribution in [3.05, 3.63) is 29.8 Å². The van der Waals surface area contributed by atoms with E-state index in [2.05, 4.69) is 5.32 Å². The van der Waals surface area contributed by atoms with E-state index in [4.69, 9.17) is 9.88 Å². The Morgan fingerprint density at radius 1 is 1.30 bits per heavy atom. The first-order valence-electron chi connectivity index (χ1n) is 9.12. The SMILES string of the molecule is NS(=O)(=O)c1ccc(CCN2CC(C(=O)NCC3CCCO3)CC2=O)cc1. The molecule has 0 aromatic heterocycles. The van der Waals surface area contributed by atoms with Crippen LogP contribution in [0, 0.1) is 5.92 Å². The van der Waals surface area contributed by atoms with Crippen molar-refractivity contribution in [1.29, 1.82) is 0 Å². The highest BCUT2D eigenvalue weighted by molar-refractivity contribution is 7.89. The fourth-order valence-corrected chi connectivity index (χ4v) is 3.95. The van der Waals surface area contributed by atoms with Gasteiger partial charge in [-0.05, 0) is 37.0 Å². The summed E-state index contributed by atoms with van der Waals surface area (Å²) >= 11 is 0. The summed E-state index contributed by atoms with van der Waals surface area (Å²) in [5.41, 5.74) is 0.904. The van der Waals surface area contributed by atoms with E-state index < -0.39 is 10.0 Å². The topological polar surface area (TPSA) is 119 Å². The molecular weight excluding hydrogens is 370 g/mol. The minimum Gasteiger partial charge on any atom is -0.376 e. The van der Waals surface area contributed by atoms with Crippen molar-refractivity contribution in [2.75, 3.05) is 26.2 Å². The second kappa shape index (κ2) is 8.37. The summed E-state index contributed by atoms with van der Waals surface area (Å²) < 4.78 is 28.0. The third kappa shape index (κ3) is 5.27. The molecule has 9 heteroatoms. The van der Waals surface area contributed by atoms with E-state index in [0.29, 0.717) is 26.1 Å². The normalized spacial score (nSPS) is 23.0. The molecular formula is C18H25N3O5S. The zero-order valence-electron chi connectivity index (χ0n) is 15.1. The van der Waals surface area contributed by atoms with Crippen molar-refractivity contribution in [1.82, 2.24) is 10.2 Å². The summed E-state index contributed by atoms with van der Waals surface area (Å²) in [6, 6.07) is 6.29. The molecule has 0 bridgehead atoms. The van der Waals surface area contributed by atoms with Gasteiger partial charge in [0.05, 0.1) is 16.9 Å². The van der Waals surface area contributed by atoms with E-state index in [-0.39, 0.29) is 35.2 Å². The van der Waals surface area contributed by atoms with Gasteiger partial charge in [-0.2, -0.15) is 0 Å². The lowest BCUT2D eigenvalue weighted by atomic mass is 10.1. The Morgan fingerprint density at radius 2 is 2.04 bits per heavy atom. The van der Waals surface area contributed by atoms with Crippen LogP contribution in [-0.4, -0.2) is 57.5 Å². The Kier molecular flexibility index (Phi) is 6.13. The number of carbonyl (C=O) groups is 2. The van der Waals surface area contributed by atoms with Gasteiger partial charge in [0, 0.05) is 32.7 Å². The lowest BCUT2D eigenvalue weighted by molar-refractivity contribution is -0.129. The predicted octanol–water partition coefficient (Wildman–Crippen LogP) is 0.0202. The summed E-state index contributed by atoms with van der Waals surface area (Å²) in [5.74, 6) is -0.462. The Balaban J connectivity index is 1.46. The van der Waals surface area contributed by atoms with Gasteiger partial charge in [-0.15, -0.1) is 0 Å². The first kappa shape index (κ1) is 19.8. The quantitative estimate of drug-likeness (QED) is 0.675. The van der Waals surface area contributed by atoms with Gasteiger partial charge in [0.25, 0.3) is 0 Å². The number of rotatable bonds is 7. The van der Waals surface area contributed by atoms with Crippen LogP contribution in [0.3, 0.4) is 0 Å². The van der Waals surface area contributed by atoms with Crippen LogP contribution in [-0.2, 0) is 30.8 Å². The van der Waals surface area contributed by atoms with Gasteiger partial charge in [-0.3, -0.25) is 9.59 Å². The maximum Gasteiger partial charge on any atom is 0.238 e. The molecule has 3 rings (SSSR count). The highest BCUT2D eigenvalue weighted by Crippen LogP contribution is 2.19. The molecule has 148 valence electrons. The van der Waals surface area contributed by atoms with Crippen LogP contribution >= 0.6 is 0 Å². The number of amides is 2. The first-order chi connectivity index (χ1) is 12.8. The molecule has 1 aromatic carbocycles. The van der Waals surface area contributed by atoms with Gasteiger partial charge in [-0.25, -0.2) is 13.6 Å². The van der Waals surface area contributed by atoms with Gasteiger partial charge in [0.15, 0.2) is 0 Å². The van der Waals surface area contributed by atoms with Crippen LogP contribution in [0.5, 0.6) is 0 Å². The largest absolute Gasteiger partial charge is 0.376 e. The van der Waals surface area contributed by atoms with E-state index in [9.17, 15) is 18.0 Å². The number of nitrogens with two attached hydrogens (primary N) is 1. The molecule has 2 heterocycles. The maximum atomic E-state index is 12.3. The van der Waals surface area contributed by atoms with Crippen LogP contribution in [0.1, 0.15) is 24.8 Å². The van der Waals surface area contributed by atoms with Gasteiger partial charge in [0.2, 0.25) is 21.8 Å². The Hall–Kier alpha value is -1.97. The lowest BCUT2D eigenvalue weighted by Gasteiger charge is -2.17.